The van der Waals surface area contributed by atoms with E-state index >= 15 is 0 Å². The molecule has 23 heavy (non-hydrogen) atoms. The molecule has 1 amide bonds. The first-order valence-corrected chi connectivity index (χ1v) is 7.74. The van der Waals surface area contributed by atoms with E-state index in [2.05, 4.69) is 5.32 Å². The predicted octanol–water partition coefficient (Wildman–Crippen LogP) is 4.07. The van der Waals surface area contributed by atoms with Crippen molar-refractivity contribution < 1.29 is 14.3 Å². The minimum atomic E-state index is -0.190. The van der Waals surface area contributed by atoms with Crippen molar-refractivity contribution in [3.05, 3.63) is 58.6 Å². The van der Waals surface area contributed by atoms with E-state index in [1.165, 1.54) is 7.11 Å². The van der Waals surface area contributed by atoms with E-state index < -0.39 is 0 Å². The zero-order valence-electron chi connectivity index (χ0n) is 13.4. The molecule has 0 radical (unpaired) electrons. The van der Waals surface area contributed by atoms with Gasteiger partial charge < -0.3 is 14.8 Å². The molecule has 0 saturated carbocycles. The standard InChI is InChI=1S/C18H20ClNO3/c1-12(2)23-15-6-4-5-13(9-15)11-20-18(21)14-7-8-17(22-3)16(19)10-14/h4-10,12H,11H2,1-3H3,(H,20,21). The molecular formula is C18H20ClNO3. The van der Waals surface area contributed by atoms with Crippen LogP contribution in [-0.2, 0) is 6.54 Å². The number of carbonyl (C=O) groups is 1. The van der Waals surface area contributed by atoms with Crippen molar-refractivity contribution in [2.24, 2.45) is 0 Å². The molecule has 0 bridgehead atoms. The average Bonchev–Trinajstić information content (AvgIpc) is 2.52. The lowest BCUT2D eigenvalue weighted by Gasteiger charge is -2.11. The number of methoxy groups -OCH3 is 1. The van der Waals surface area contributed by atoms with Gasteiger partial charge >= 0.3 is 0 Å². The Hall–Kier alpha value is -2.20. The topological polar surface area (TPSA) is 47.6 Å². The molecule has 0 aliphatic carbocycles. The van der Waals surface area contributed by atoms with Gasteiger partial charge in [0.2, 0.25) is 0 Å². The number of ether oxygens (including phenoxy) is 2. The van der Waals surface area contributed by atoms with Crippen LogP contribution in [0.4, 0.5) is 0 Å². The lowest BCUT2D eigenvalue weighted by molar-refractivity contribution is 0.0950. The summed E-state index contributed by atoms with van der Waals surface area (Å²) in [4.78, 5) is 12.2. The monoisotopic (exact) mass is 333 g/mol. The summed E-state index contributed by atoms with van der Waals surface area (Å²) in [5.74, 6) is 1.14. The van der Waals surface area contributed by atoms with Gasteiger partial charge in [0.25, 0.3) is 5.91 Å². The van der Waals surface area contributed by atoms with Gasteiger partial charge in [0, 0.05) is 12.1 Å². The second-order valence-corrected chi connectivity index (χ2v) is 5.75. The minimum absolute atomic E-state index is 0.112. The molecule has 2 aromatic carbocycles. The number of nitrogens with one attached hydrogen (secondary N) is 1. The quantitative estimate of drug-likeness (QED) is 0.867. The fourth-order valence-electron chi connectivity index (χ4n) is 2.09. The Morgan fingerprint density at radius 2 is 2.00 bits per heavy atom. The van der Waals surface area contributed by atoms with Crippen molar-refractivity contribution in [3.63, 3.8) is 0 Å². The summed E-state index contributed by atoms with van der Waals surface area (Å²) in [5, 5.41) is 3.28. The predicted molar refractivity (Wildman–Crippen MR) is 91.4 cm³/mol. The second-order valence-electron chi connectivity index (χ2n) is 5.35. The van der Waals surface area contributed by atoms with Gasteiger partial charge in [0.15, 0.2) is 0 Å². The summed E-state index contributed by atoms with van der Waals surface area (Å²) < 4.78 is 10.7. The van der Waals surface area contributed by atoms with Crippen LogP contribution in [0.2, 0.25) is 5.02 Å². The number of amides is 1. The smallest absolute Gasteiger partial charge is 0.251 e. The third kappa shape index (κ3) is 4.89. The number of hydrogen-bond donors (Lipinski definition) is 1. The van der Waals surface area contributed by atoms with Crippen LogP contribution in [-0.4, -0.2) is 19.1 Å². The maximum Gasteiger partial charge on any atom is 0.251 e. The van der Waals surface area contributed by atoms with Crippen LogP contribution in [0.15, 0.2) is 42.5 Å². The molecule has 0 aliphatic heterocycles. The molecule has 2 rings (SSSR count). The number of rotatable bonds is 6. The van der Waals surface area contributed by atoms with Crippen molar-refractivity contribution in [3.8, 4) is 11.5 Å². The van der Waals surface area contributed by atoms with Gasteiger partial charge in [-0.05, 0) is 49.7 Å². The normalized spacial score (nSPS) is 10.5. The van der Waals surface area contributed by atoms with Crippen molar-refractivity contribution in [1.82, 2.24) is 5.32 Å². The summed E-state index contributed by atoms with van der Waals surface area (Å²) in [7, 11) is 1.53. The summed E-state index contributed by atoms with van der Waals surface area (Å²) in [6, 6.07) is 12.6. The van der Waals surface area contributed by atoms with Crippen molar-refractivity contribution in [2.75, 3.05) is 7.11 Å². The number of benzene rings is 2. The van der Waals surface area contributed by atoms with Gasteiger partial charge in [-0.3, -0.25) is 4.79 Å². The van der Waals surface area contributed by atoms with Crippen LogP contribution in [0.1, 0.15) is 29.8 Å². The third-order valence-corrected chi connectivity index (χ3v) is 3.43. The largest absolute Gasteiger partial charge is 0.495 e. The highest BCUT2D eigenvalue weighted by Crippen LogP contribution is 2.24. The molecule has 0 saturated heterocycles. The molecule has 0 aliphatic rings. The van der Waals surface area contributed by atoms with Crippen LogP contribution in [0.3, 0.4) is 0 Å². The van der Waals surface area contributed by atoms with E-state index in [4.69, 9.17) is 21.1 Å². The highest BCUT2D eigenvalue weighted by atomic mass is 35.5. The molecule has 4 nitrogen and oxygen atoms in total. The Morgan fingerprint density at radius 1 is 1.22 bits per heavy atom. The molecule has 0 atom stereocenters. The molecule has 0 fully saturated rings. The Labute approximate surface area is 141 Å². The fourth-order valence-corrected chi connectivity index (χ4v) is 2.35. The van der Waals surface area contributed by atoms with Crippen LogP contribution < -0.4 is 14.8 Å². The summed E-state index contributed by atoms with van der Waals surface area (Å²) in [6.45, 7) is 4.36. The molecule has 122 valence electrons. The van der Waals surface area contributed by atoms with Gasteiger partial charge in [0.1, 0.15) is 11.5 Å². The van der Waals surface area contributed by atoms with Crippen molar-refractivity contribution in [2.45, 2.75) is 26.5 Å². The SMILES string of the molecule is COc1ccc(C(=O)NCc2cccc(OC(C)C)c2)cc1Cl. The number of halogens is 1. The van der Waals surface area contributed by atoms with Crippen LogP contribution >= 0.6 is 11.6 Å². The molecular weight excluding hydrogens is 314 g/mol. The number of hydrogen-bond acceptors (Lipinski definition) is 3. The highest BCUT2D eigenvalue weighted by molar-refractivity contribution is 6.32. The van der Waals surface area contributed by atoms with Crippen molar-refractivity contribution in [1.29, 1.82) is 0 Å². The fraction of sp³-hybridized carbons (Fsp3) is 0.278. The average molecular weight is 334 g/mol. The minimum Gasteiger partial charge on any atom is -0.495 e. The molecule has 0 unspecified atom stereocenters. The van der Waals surface area contributed by atoms with Gasteiger partial charge in [-0.2, -0.15) is 0 Å². The number of carbonyl (C=O) groups excluding carboxylic acids is 1. The molecule has 1 N–H and O–H groups in total. The Bertz CT molecular complexity index is 686. The highest BCUT2D eigenvalue weighted by Gasteiger charge is 2.09. The van der Waals surface area contributed by atoms with Crippen molar-refractivity contribution >= 4 is 17.5 Å². The van der Waals surface area contributed by atoms with Gasteiger partial charge in [-0.1, -0.05) is 23.7 Å². The first-order chi connectivity index (χ1) is 11.0. The summed E-state index contributed by atoms with van der Waals surface area (Å²) in [6.07, 6.45) is 0.112. The zero-order chi connectivity index (χ0) is 16.8. The maximum absolute atomic E-state index is 12.2. The maximum atomic E-state index is 12.2. The van der Waals surface area contributed by atoms with E-state index in [0.717, 1.165) is 11.3 Å². The van der Waals surface area contributed by atoms with Crippen LogP contribution in [0, 0.1) is 0 Å². The van der Waals surface area contributed by atoms with E-state index in [0.29, 0.717) is 22.9 Å². The Balaban J connectivity index is 2.00. The zero-order valence-corrected chi connectivity index (χ0v) is 14.2. The van der Waals surface area contributed by atoms with E-state index in [9.17, 15) is 4.79 Å². The van der Waals surface area contributed by atoms with Gasteiger partial charge in [-0.15, -0.1) is 0 Å². The molecule has 0 spiro atoms. The van der Waals surface area contributed by atoms with Gasteiger partial charge in [-0.25, -0.2) is 0 Å². The molecule has 0 heterocycles. The van der Waals surface area contributed by atoms with Crippen LogP contribution in [0.25, 0.3) is 0 Å². The molecule has 5 heteroatoms. The molecule has 2 aromatic rings. The third-order valence-electron chi connectivity index (χ3n) is 3.14. The summed E-state index contributed by atoms with van der Waals surface area (Å²) in [5.41, 5.74) is 1.46. The van der Waals surface area contributed by atoms with Gasteiger partial charge in [0.05, 0.1) is 18.2 Å². The second kappa shape index (κ2) is 7.88. The Morgan fingerprint density at radius 3 is 2.65 bits per heavy atom. The Kier molecular flexibility index (Phi) is 5.88. The lowest BCUT2D eigenvalue weighted by atomic mass is 10.1. The van der Waals surface area contributed by atoms with E-state index in [1.807, 2.05) is 38.1 Å². The lowest BCUT2D eigenvalue weighted by Crippen LogP contribution is -2.22. The van der Waals surface area contributed by atoms with E-state index in [1.54, 1.807) is 18.2 Å². The summed E-state index contributed by atoms with van der Waals surface area (Å²) >= 11 is 6.04. The first kappa shape index (κ1) is 17.2. The van der Waals surface area contributed by atoms with E-state index in [-0.39, 0.29) is 12.0 Å². The van der Waals surface area contributed by atoms with Crippen LogP contribution in [0.5, 0.6) is 11.5 Å². The first-order valence-electron chi connectivity index (χ1n) is 7.37. The molecule has 0 aromatic heterocycles.